The Kier molecular flexibility index (Phi) is 8.05. The van der Waals surface area contributed by atoms with Gasteiger partial charge in [0.25, 0.3) is 0 Å². The molecule has 0 aliphatic rings. The standard InChI is InChI=1S/C30H28ClN5O4S/c1-4-19-13-23(29(40)21-10-5-7-11-24(21)31)30(41-19)36-18(3)33-34-26(36)15-32-27(37)16-35-17(2)22(14-28(38)39)20-9-6-8-12-25(20)35/h5-13H,4,14-16H2,1-3H3,(H,32,37)(H,38,39). The van der Waals surface area contributed by atoms with Crippen LogP contribution in [0.3, 0.4) is 0 Å². The molecule has 3 heterocycles. The number of benzene rings is 2. The number of aryl methyl sites for hydroxylation is 2. The number of amides is 1. The normalized spacial score (nSPS) is 11.2. The highest BCUT2D eigenvalue weighted by Gasteiger charge is 2.24. The second-order valence-electron chi connectivity index (χ2n) is 9.61. The Morgan fingerprint density at radius 1 is 1.02 bits per heavy atom. The van der Waals surface area contributed by atoms with E-state index in [0.29, 0.717) is 38.4 Å². The zero-order valence-corrected chi connectivity index (χ0v) is 24.3. The van der Waals surface area contributed by atoms with Gasteiger partial charge in [0, 0.05) is 27.0 Å². The van der Waals surface area contributed by atoms with Crippen LogP contribution in [-0.2, 0) is 35.5 Å². The number of halogens is 1. The highest BCUT2D eigenvalue weighted by atomic mass is 35.5. The summed E-state index contributed by atoms with van der Waals surface area (Å²) in [5.74, 6) is -0.332. The van der Waals surface area contributed by atoms with Crippen LogP contribution in [0.25, 0.3) is 15.9 Å². The van der Waals surface area contributed by atoms with Crippen LogP contribution in [0.1, 0.15) is 50.6 Å². The van der Waals surface area contributed by atoms with Crippen molar-refractivity contribution in [2.75, 3.05) is 0 Å². The van der Waals surface area contributed by atoms with Crippen molar-refractivity contribution in [2.24, 2.45) is 0 Å². The molecule has 0 radical (unpaired) electrons. The van der Waals surface area contributed by atoms with E-state index in [0.717, 1.165) is 27.9 Å². The SMILES string of the molecule is CCc1cc(C(=O)c2ccccc2Cl)c(-n2c(C)nnc2CNC(=O)Cn2c(C)c(CC(=O)O)c3ccccc32)s1. The van der Waals surface area contributed by atoms with Crippen LogP contribution in [0.15, 0.2) is 54.6 Å². The minimum atomic E-state index is -0.928. The molecule has 1 amide bonds. The first-order chi connectivity index (χ1) is 19.7. The molecule has 0 bridgehead atoms. The van der Waals surface area contributed by atoms with Crippen LogP contribution in [0.5, 0.6) is 0 Å². The molecule has 2 N–H and O–H groups in total. The number of carboxylic acids is 1. The summed E-state index contributed by atoms with van der Waals surface area (Å²) in [6.45, 7) is 5.74. The van der Waals surface area contributed by atoms with E-state index in [9.17, 15) is 19.5 Å². The lowest BCUT2D eigenvalue weighted by Crippen LogP contribution is -2.28. The van der Waals surface area contributed by atoms with Gasteiger partial charge in [-0.05, 0) is 50.1 Å². The fourth-order valence-corrected chi connectivity index (χ4v) is 6.35. The van der Waals surface area contributed by atoms with Crippen molar-refractivity contribution < 1.29 is 19.5 Å². The minimum Gasteiger partial charge on any atom is -0.481 e. The summed E-state index contributed by atoms with van der Waals surface area (Å²) >= 11 is 7.82. The van der Waals surface area contributed by atoms with Gasteiger partial charge in [0.1, 0.15) is 17.4 Å². The van der Waals surface area contributed by atoms with Crippen LogP contribution < -0.4 is 5.32 Å². The highest BCUT2D eigenvalue weighted by Crippen LogP contribution is 2.32. The summed E-state index contributed by atoms with van der Waals surface area (Å²) in [7, 11) is 0. The fraction of sp³-hybridized carbons (Fsp3) is 0.233. The molecule has 0 aliphatic carbocycles. The van der Waals surface area contributed by atoms with E-state index in [1.54, 1.807) is 35.8 Å². The molecule has 11 heteroatoms. The second kappa shape index (κ2) is 11.7. The Morgan fingerprint density at radius 3 is 2.49 bits per heavy atom. The molecule has 0 atom stereocenters. The topological polar surface area (TPSA) is 119 Å². The predicted octanol–water partition coefficient (Wildman–Crippen LogP) is 5.29. The Morgan fingerprint density at radius 2 is 1.76 bits per heavy atom. The van der Waals surface area contributed by atoms with Gasteiger partial charge in [0.15, 0.2) is 11.6 Å². The Hall–Kier alpha value is -4.28. The molecule has 0 saturated heterocycles. The zero-order valence-electron chi connectivity index (χ0n) is 22.8. The molecule has 9 nitrogen and oxygen atoms in total. The average Bonchev–Trinajstić information content (AvgIpc) is 3.62. The monoisotopic (exact) mass is 589 g/mol. The van der Waals surface area contributed by atoms with Gasteiger partial charge in [-0.3, -0.25) is 19.0 Å². The lowest BCUT2D eigenvalue weighted by Gasteiger charge is -2.12. The zero-order chi connectivity index (χ0) is 29.3. The first kappa shape index (κ1) is 28.3. The first-order valence-corrected chi connectivity index (χ1v) is 14.3. The molecule has 41 heavy (non-hydrogen) atoms. The molecule has 0 unspecified atom stereocenters. The van der Waals surface area contributed by atoms with Crippen molar-refractivity contribution in [2.45, 2.75) is 46.7 Å². The molecule has 0 aliphatic heterocycles. The predicted molar refractivity (Wildman–Crippen MR) is 158 cm³/mol. The molecule has 2 aromatic carbocycles. The summed E-state index contributed by atoms with van der Waals surface area (Å²) in [5.41, 5.74) is 3.13. The molecule has 0 fully saturated rings. The summed E-state index contributed by atoms with van der Waals surface area (Å²) in [6, 6.07) is 16.3. The van der Waals surface area contributed by atoms with Gasteiger partial charge in [0.05, 0.1) is 23.6 Å². The van der Waals surface area contributed by atoms with E-state index < -0.39 is 5.97 Å². The smallest absolute Gasteiger partial charge is 0.307 e. The molecular weight excluding hydrogens is 562 g/mol. The van der Waals surface area contributed by atoms with Gasteiger partial charge in [-0.15, -0.1) is 21.5 Å². The van der Waals surface area contributed by atoms with Crippen LogP contribution >= 0.6 is 22.9 Å². The Bertz CT molecular complexity index is 1800. The van der Waals surface area contributed by atoms with Crippen LogP contribution in [-0.4, -0.2) is 42.1 Å². The highest BCUT2D eigenvalue weighted by molar-refractivity contribution is 7.15. The molecule has 5 rings (SSSR count). The van der Waals surface area contributed by atoms with E-state index in [-0.39, 0.29) is 31.2 Å². The maximum atomic E-state index is 13.6. The number of thiophene rings is 1. The van der Waals surface area contributed by atoms with E-state index in [2.05, 4.69) is 15.5 Å². The quantitative estimate of drug-likeness (QED) is 0.214. The van der Waals surface area contributed by atoms with Gasteiger partial charge in [-0.25, -0.2) is 0 Å². The summed E-state index contributed by atoms with van der Waals surface area (Å²) in [4.78, 5) is 39.2. The van der Waals surface area contributed by atoms with Crippen LogP contribution in [0, 0.1) is 13.8 Å². The number of rotatable bonds is 10. The molecule has 0 saturated carbocycles. The van der Waals surface area contributed by atoms with Gasteiger partial charge < -0.3 is 15.0 Å². The number of hydrogen-bond acceptors (Lipinski definition) is 6. The lowest BCUT2D eigenvalue weighted by molar-refractivity contribution is -0.136. The van der Waals surface area contributed by atoms with E-state index >= 15 is 0 Å². The summed E-state index contributed by atoms with van der Waals surface area (Å²) in [5, 5.41) is 22.7. The summed E-state index contributed by atoms with van der Waals surface area (Å²) < 4.78 is 3.63. The van der Waals surface area contributed by atoms with Crippen molar-refractivity contribution in [3.8, 4) is 5.00 Å². The number of aliphatic carboxylic acids is 1. The van der Waals surface area contributed by atoms with Crippen molar-refractivity contribution in [1.82, 2.24) is 24.6 Å². The molecule has 3 aromatic heterocycles. The number of para-hydroxylation sites is 1. The van der Waals surface area contributed by atoms with E-state index in [4.69, 9.17) is 11.6 Å². The third-order valence-electron chi connectivity index (χ3n) is 7.01. The van der Waals surface area contributed by atoms with E-state index in [1.165, 1.54) is 11.3 Å². The van der Waals surface area contributed by atoms with Crippen LogP contribution in [0.2, 0.25) is 5.02 Å². The maximum absolute atomic E-state index is 13.6. The molecular formula is C30H28ClN5O4S. The number of fused-ring (bicyclic) bond motifs is 1. The fourth-order valence-electron chi connectivity index (χ4n) is 4.97. The Balaban J connectivity index is 1.42. The average molecular weight is 590 g/mol. The lowest BCUT2D eigenvalue weighted by atomic mass is 10.0. The molecule has 5 aromatic rings. The maximum Gasteiger partial charge on any atom is 0.307 e. The third kappa shape index (κ3) is 5.53. The Labute approximate surface area is 245 Å². The van der Waals surface area contributed by atoms with Gasteiger partial charge in [-0.2, -0.15) is 0 Å². The van der Waals surface area contributed by atoms with Crippen molar-refractivity contribution >= 4 is 51.5 Å². The van der Waals surface area contributed by atoms with Gasteiger partial charge >= 0.3 is 5.97 Å². The number of carbonyl (C=O) groups excluding carboxylic acids is 2. The molecule has 210 valence electrons. The first-order valence-electron chi connectivity index (χ1n) is 13.1. The van der Waals surface area contributed by atoms with Gasteiger partial charge in [-0.1, -0.05) is 48.9 Å². The largest absolute Gasteiger partial charge is 0.481 e. The van der Waals surface area contributed by atoms with Crippen molar-refractivity contribution in [3.63, 3.8) is 0 Å². The van der Waals surface area contributed by atoms with Crippen LogP contribution in [0.4, 0.5) is 0 Å². The van der Waals surface area contributed by atoms with Crippen molar-refractivity contribution in [3.05, 3.63) is 98.5 Å². The number of carbonyl (C=O) groups is 3. The van der Waals surface area contributed by atoms with E-state index in [1.807, 2.05) is 48.7 Å². The number of nitrogens with zero attached hydrogens (tertiary/aromatic N) is 4. The number of aromatic nitrogens is 4. The third-order valence-corrected chi connectivity index (χ3v) is 8.60. The van der Waals surface area contributed by atoms with Crippen molar-refractivity contribution in [1.29, 1.82) is 0 Å². The summed E-state index contributed by atoms with van der Waals surface area (Å²) in [6.07, 6.45) is 0.619. The number of carboxylic acid groups (broad SMARTS) is 1. The second-order valence-corrected chi connectivity index (χ2v) is 11.1. The minimum absolute atomic E-state index is 0.00825. The van der Waals surface area contributed by atoms with Gasteiger partial charge in [0.2, 0.25) is 5.91 Å². The number of nitrogens with one attached hydrogen (secondary N) is 1. The molecule has 0 spiro atoms. The number of hydrogen-bond donors (Lipinski definition) is 2. The number of ketones is 1.